The average Bonchev–Trinajstić information content (AvgIpc) is 2.30. The van der Waals surface area contributed by atoms with Crippen LogP contribution in [-0.2, 0) is 6.18 Å². The predicted octanol–water partition coefficient (Wildman–Crippen LogP) is 4.79. The minimum atomic E-state index is -4.53. The summed E-state index contributed by atoms with van der Waals surface area (Å²) in [6, 6.07) is 1.68. The lowest BCUT2D eigenvalue weighted by atomic mass is 10.1. The highest BCUT2D eigenvalue weighted by Crippen LogP contribution is 2.33. The highest BCUT2D eigenvalue weighted by Gasteiger charge is 2.33. The molecule has 5 heteroatoms. The number of nitrogens with two attached hydrogens (primary N) is 1. The number of hydrogen-bond acceptors (Lipinski definition) is 1. The van der Waals surface area contributed by atoms with E-state index in [1.165, 1.54) is 0 Å². The van der Waals surface area contributed by atoms with Gasteiger partial charge in [-0.05, 0) is 24.6 Å². The summed E-state index contributed by atoms with van der Waals surface area (Å²) in [7, 11) is 0. The maximum Gasteiger partial charge on any atom is 0.416 e. The molecular weight excluding hydrogens is 234 g/mol. The Morgan fingerprint density at radius 1 is 1.00 bits per heavy atom. The van der Waals surface area contributed by atoms with Crippen molar-refractivity contribution in [3.63, 3.8) is 0 Å². The zero-order chi connectivity index (χ0) is 14.2. The van der Waals surface area contributed by atoms with Gasteiger partial charge < -0.3 is 5.73 Å². The number of benzene rings is 1. The summed E-state index contributed by atoms with van der Waals surface area (Å²) in [5, 5.41) is 0. The number of anilines is 1. The fourth-order valence-corrected chi connectivity index (χ4v) is 1.01. The van der Waals surface area contributed by atoms with E-state index in [-0.39, 0.29) is 5.69 Å². The molecule has 0 saturated heterocycles. The van der Waals surface area contributed by atoms with Gasteiger partial charge in [0.15, 0.2) is 0 Å². The quantitative estimate of drug-likeness (QED) is 0.522. The third-order valence-corrected chi connectivity index (χ3v) is 1.72. The van der Waals surface area contributed by atoms with Crippen molar-refractivity contribution in [2.75, 3.05) is 5.73 Å². The highest BCUT2D eigenvalue weighted by molar-refractivity contribution is 5.47. The lowest BCUT2D eigenvalue weighted by Crippen LogP contribution is -2.09. The van der Waals surface area contributed by atoms with Crippen molar-refractivity contribution in [3.05, 3.63) is 29.1 Å². The van der Waals surface area contributed by atoms with Gasteiger partial charge >= 0.3 is 6.18 Å². The van der Waals surface area contributed by atoms with Gasteiger partial charge in [-0.25, -0.2) is 4.39 Å². The molecule has 1 aromatic carbocycles. The Labute approximate surface area is 99.6 Å². The monoisotopic (exact) mass is 253 g/mol. The molecule has 0 aromatic heterocycles. The average molecular weight is 253 g/mol. The second kappa shape index (κ2) is 7.92. The normalized spacial score (nSPS) is 9.71. The first-order valence-corrected chi connectivity index (χ1v) is 5.46. The van der Waals surface area contributed by atoms with Crippen LogP contribution in [0.15, 0.2) is 12.1 Å². The molecule has 17 heavy (non-hydrogen) atoms. The van der Waals surface area contributed by atoms with Gasteiger partial charge in [-0.3, -0.25) is 0 Å². The van der Waals surface area contributed by atoms with Crippen LogP contribution in [-0.4, -0.2) is 0 Å². The topological polar surface area (TPSA) is 26.0 Å². The molecule has 0 amide bonds. The highest BCUT2D eigenvalue weighted by atomic mass is 19.4. The molecule has 0 aliphatic heterocycles. The van der Waals surface area contributed by atoms with E-state index in [0.29, 0.717) is 0 Å². The smallest absolute Gasteiger partial charge is 0.396 e. The summed E-state index contributed by atoms with van der Waals surface area (Å²) in [5.41, 5.74) is 3.37. The van der Waals surface area contributed by atoms with Crippen LogP contribution in [0.1, 0.15) is 38.8 Å². The maximum absolute atomic E-state index is 12.9. The zero-order valence-electron chi connectivity index (χ0n) is 10.7. The van der Waals surface area contributed by atoms with Crippen molar-refractivity contribution < 1.29 is 17.6 Å². The molecule has 0 bridgehead atoms. The van der Waals surface area contributed by atoms with Crippen LogP contribution in [0.25, 0.3) is 0 Å². The van der Waals surface area contributed by atoms with Crippen molar-refractivity contribution in [3.8, 4) is 0 Å². The lowest BCUT2D eigenvalue weighted by Gasteiger charge is -2.11. The summed E-state index contributed by atoms with van der Waals surface area (Å²) >= 11 is 0. The molecule has 0 aliphatic carbocycles. The summed E-state index contributed by atoms with van der Waals surface area (Å²) in [4.78, 5) is 0. The molecule has 1 nitrogen and oxygen atoms in total. The van der Waals surface area contributed by atoms with Gasteiger partial charge in [0.2, 0.25) is 0 Å². The molecule has 0 radical (unpaired) electrons. The molecule has 2 N–H and O–H groups in total. The van der Waals surface area contributed by atoms with E-state index in [9.17, 15) is 17.6 Å². The fraction of sp³-hybridized carbons (Fsp3) is 0.500. The molecule has 0 atom stereocenters. The van der Waals surface area contributed by atoms with Gasteiger partial charge in [0.1, 0.15) is 5.82 Å². The van der Waals surface area contributed by atoms with Gasteiger partial charge in [-0.2, -0.15) is 13.2 Å². The first-order valence-electron chi connectivity index (χ1n) is 5.46. The predicted molar refractivity (Wildman–Crippen MR) is 63.2 cm³/mol. The number of rotatable bonds is 0. The van der Waals surface area contributed by atoms with E-state index in [2.05, 4.69) is 0 Å². The summed E-state index contributed by atoms with van der Waals surface area (Å²) in [5.74, 6) is -1.00. The molecule has 1 rings (SSSR count). The van der Waals surface area contributed by atoms with Crippen molar-refractivity contribution in [2.24, 2.45) is 0 Å². The first-order chi connectivity index (χ1) is 7.84. The maximum atomic E-state index is 12.9. The van der Waals surface area contributed by atoms with Crippen molar-refractivity contribution in [1.82, 2.24) is 0 Å². The minimum absolute atomic E-state index is 0.273. The third kappa shape index (κ3) is 5.06. The number of hydrogen-bond donors (Lipinski definition) is 1. The van der Waals surface area contributed by atoms with Gasteiger partial charge in [-0.15, -0.1) is 0 Å². The van der Waals surface area contributed by atoms with Crippen LogP contribution in [0.3, 0.4) is 0 Å². The number of halogens is 4. The van der Waals surface area contributed by atoms with Gasteiger partial charge in [0, 0.05) is 0 Å². The second-order valence-electron chi connectivity index (χ2n) is 2.64. The molecule has 0 fully saturated rings. The van der Waals surface area contributed by atoms with Gasteiger partial charge in [-0.1, -0.05) is 27.7 Å². The fourth-order valence-electron chi connectivity index (χ4n) is 1.01. The number of nitrogen functional groups attached to an aromatic ring is 1. The molecule has 0 spiro atoms. The van der Waals surface area contributed by atoms with Crippen molar-refractivity contribution in [2.45, 2.75) is 40.8 Å². The standard InChI is InChI=1S/C8H7F4N.2C2H6/c1-4-5(8(10,11)12)2-3-6(13)7(4)9;2*1-2/h2-3H,13H2,1H3;2*1-2H3. The van der Waals surface area contributed by atoms with Crippen LogP contribution >= 0.6 is 0 Å². The van der Waals surface area contributed by atoms with E-state index < -0.39 is 23.1 Å². The molecule has 0 unspecified atom stereocenters. The lowest BCUT2D eigenvalue weighted by molar-refractivity contribution is -0.138. The Kier molecular flexibility index (Phi) is 8.44. The molecule has 0 aliphatic rings. The molecule has 1 aromatic rings. The SMILES string of the molecule is CC.CC.Cc1c(C(F)(F)F)ccc(N)c1F. The number of alkyl halides is 3. The molecule has 100 valence electrons. The third-order valence-electron chi connectivity index (χ3n) is 1.72. The Morgan fingerprint density at radius 3 is 1.76 bits per heavy atom. The van der Waals surface area contributed by atoms with Crippen LogP contribution in [0, 0.1) is 12.7 Å². The molecular formula is C12H19F4N. The Morgan fingerprint density at radius 2 is 1.41 bits per heavy atom. The van der Waals surface area contributed by atoms with Crippen LogP contribution in [0.2, 0.25) is 0 Å². The van der Waals surface area contributed by atoms with E-state index >= 15 is 0 Å². The van der Waals surface area contributed by atoms with Crippen LogP contribution < -0.4 is 5.73 Å². The summed E-state index contributed by atoms with van der Waals surface area (Å²) in [6.45, 7) is 9.05. The van der Waals surface area contributed by atoms with Crippen LogP contribution in [0.5, 0.6) is 0 Å². The second-order valence-corrected chi connectivity index (χ2v) is 2.64. The van der Waals surface area contributed by atoms with E-state index in [4.69, 9.17) is 5.73 Å². The van der Waals surface area contributed by atoms with E-state index in [0.717, 1.165) is 19.1 Å². The van der Waals surface area contributed by atoms with Crippen molar-refractivity contribution >= 4 is 5.69 Å². The van der Waals surface area contributed by atoms with Crippen LogP contribution in [0.4, 0.5) is 23.2 Å². The minimum Gasteiger partial charge on any atom is -0.396 e. The Balaban J connectivity index is 0. The summed E-state index contributed by atoms with van der Waals surface area (Å²) in [6.07, 6.45) is -4.53. The molecule has 0 saturated carbocycles. The Hall–Kier alpha value is -1.26. The van der Waals surface area contributed by atoms with Gasteiger partial charge in [0.05, 0.1) is 11.3 Å². The van der Waals surface area contributed by atoms with E-state index in [1.807, 2.05) is 27.7 Å². The molecule has 0 heterocycles. The first kappa shape index (κ1) is 18.1. The van der Waals surface area contributed by atoms with Gasteiger partial charge in [0.25, 0.3) is 0 Å². The largest absolute Gasteiger partial charge is 0.416 e. The zero-order valence-corrected chi connectivity index (χ0v) is 10.7. The van der Waals surface area contributed by atoms with Crippen molar-refractivity contribution in [1.29, 1.82) is 0 Å². The van der Waals surface area contributed by atoms with E-state index in [1.54, 1.807) is 0 Å². The summed E-state index contributed by atoms with van der Waals surface area (Å²) < 4.78 is 49.4. The Bertz CT molecular complexity index is 332.